The predicted molar refractivity (Wildman–Crippen MR) is 137 cm³/mol. The van der Waals surface area contributed by atoms with Crippen LogP contribution >= 0.6 is 0 Å². The molecule has 0 aromatic heterocycles. The number of guanidine groups is 1. The van der Waals surface area contributed by atoms with Crippen LogP contribution in [0, 0.1) is 5.41 Å². The van der Waals surface area contributed by atoms with Crippen molar-refractivity contribution >= 4 is 34.3 Å². The number of rotatable bonds is 11. The van der Waals surface area contributed by atoms with Crippen LogP contribution in [-0.4, -0.2) is 98.2 Å². The Hall–Kier alpha value is -3.19. The number of sulfonamides is 1. The SMILES string of the molecule is COC(=O)CC(C(=O)N1CCCC1CNC=O)N(C1CCCN(C(=N)N)C1)S(=O)(=O)Cc1ccccc1. The molecule has 0 spiro atoms. The average molecular weight is 537 g/mol. The summed E-state index contributed by atoms with van der Waals surface area (Å²) in [7, 11) is -2.93. The number of carbonyl (C=O) groups is 3. The molecule has 1 aromatic rings. The van der Waals surface area contributed by atoms with Gasteiger partial charge in [0.1, 0.15) is 6.04 Å². The number of likely N-dealkylation sites (tertiary alicyclic amines) is 2. The first-order valence-electron chi connectivity index (χ1n) is 12.4. The lowest BCUT2D eigenvalue weighted by Gasteiger charge is -2.42. The molecule has 4 N–H and O–H groups in total. The van der Waals surface area contributed by atoms with Gasteiger partial charge >= 0.3 is 5.97 Å². The topological polar surface area (TPSA) is 166 Å². The third kappa shape index (κ3) is 7.19. The van der Waals surface area contributed by atoms with Crippen molar-refractivity contribution < 1.29 is 27.5 Å². The highest BCUT2D eigenvalue weighted by Gasteiger charge is 2.45. The molecule has 2 amide bonds. The van der Waals surface area contributed by atoms with Crippen LogP contribution in [0.3, 0.4) is 0 Å². The molecule has 1 aromatic carbocycles. The van der Waals surface area contributed by atoms with Crippen LogP contribution < -0.4 is 11.1 Å². The van der Waals surface area contributed by atoms with Crippen LogP contribution in [0.4, 0.5) is 0 Å². The summed E-state index contributed by atoms with van der Waals surface area (Å²) in [6.07, 6.45) is 2.46. The molecule has 2 aliphatic rings. The van der Waals surface area contributed by atoms with Crippen LogP contribution in [0.5, 0.6) is 0 Å². The van der Waals surface area contributed by atoms with E-state index >= 15 is 0 Å². The molecular weight excluding hydrogens is 500 g/mol. The summed E-state index contributed by atoms with van der Waals surface area (Å²) in [6.45, 7) is 1.25. The number of methoxy groups -OCH3 is 1. The van der Waals surface area contributed by atoms with Gasteiger partial charge in [-0.3, -0.25) is 19.8 Å². The Morgan fingerprint density at radius 3 is 2.59 bits per heavy atom. The van der Waals surface area contributed by atoms with Crippen LogP contribution in [0.25, 0.3) is 0 Å². The van der Waals surface area contributed by atoms with Gasteiger partial charge in [-0.1, -0.05) is 30.3 Å². The summed E-state index contributed by atoms with van der Waals surface area (Å²) >= 11 is 0. The van der Waals surface area contributed by atoms with Crippen molar-refractivity contribution in [3.63, 3.8) is 0 Å². The fourth-order valence-electron chi connectivity index (χ4n) is 5.16. The van der Waals surface area contributed by atoms with E-state index in [2.05, 4.69) is 5.32 Å². The Morgan fingerprint density at radius 2 is 1.95 bits per heavy atom. The number of benzene rings is 1. The maximum absolute atomic E-state index is 14.0. The van der Waals surface area contributed by atoms with Gasteiger partial charge in [0.25, 0.3) is 0 Å². The first-order valence-corrected chi connectivity index (χ1v) is 14.0. The first kappa shape index (κ1) is 28.4. The van der Waals surface area contributed by atoms with E-state index in [0.29, 0.717) is 50.7 Å². The Labute approximate surface area is 217 Å². The molecule has 13 heteroatoms. The predicted octanol–water partition coefficient (Wildman–Crippen LogP) is -0.155. The van der Waals surface area contributed by atoms with E-state index in [1.165, 1.54) is 7.11 Å². The minimum Gasteiger partial charge on any atom is -0.469 e. The second-order valence-corrected chi connectivity index (χ2v) is 11.2. The van der Waals surface area contributed by atoms with Gasteiger partial charge in [0.2, 0.25) is 22.3 Å². The molecule has 2 heterocycles. The number of nitrogens with one attached hydrogen (secondary N) is 2. The molecule has 2 fully saturated rings. The molecular formula is C24H36N6O6S. The van der Waals surface area contributed by atoms with Gasteiger partial charge < -0.3 is 25.6 Å². The summed E-state index contributed by atoms with van der Waals surface area (Å²) in [5.74, 6) is -1.75. The molecule has 37 heavy (non-hydrogen) atoms. The number of carbonyl (C=O) groups excluding carboxylic acids is 3. The molecule has 3 atom stereocenters. The largest absolute Gasteiger partial charge is 0.469 e. The van der Waals surface area contributed by atoms with E-state index in [4.69, 9.17) is 15.9 Å². The molecule has 3 unspecified atom stereocenters. The number of hydrogen-bond acceptors (Lipinski definition) is 7. The lowest BCUT2D eigenvalue weighted by atomic mass is 10.0. The minimum atomic E-state index is -4.12. The van der Waals surface area contributed by atoms with E-state index in [1.54, 1.807) is 40.1 Å². The fourth-order valence-corrected chi connectivity index (χ4v) is 7.10. The molecule has 204 valence electrons. The number of nitrogens with two attached hydrogens (primary N) is 1. The molecule has 0 aliphatic carbocycles. The van der Waals surface area contributed by atoms with E-state index in [1.807, 2.05) is 0 Å². The Kier molecular flexibility index (Phi) is 9.86. The van der Waals surface area contributed by atoms with Crippen molar-refractivity contribution in [2.75, 3.05) is 33.3 Å². The fraction of sp³-hybridized carbons (Fsp3) is 0.583. The summed E-state index contributed by atoms with van der Waals surface area (Å²) in [5, 5.41) is 10.5. The maximum atomic E-state index is 14.0. The minimum absolute atomic E-state index is 0.129. The van der Waals surface area contributed by atoms with Gasteiger partial charge in [0.15, 0.2) is 5.96 Å². The first-order chi connectivity index (χ1) is 17.7. The molecule has 2 saturated heterocycles. The van der Waals surface area contributed by atoms with E-state index in [-0.39, 0.29) is 30.8 Å². The third-order valence-electron chi connectivity index (χ3n) is 6.89. The van der Waals surface area contributed by atoms with Gasteiger partial charge in [-0.25, -0.2) is 8.42 Å². The highest BCUT2D eigenvalue weighted by molar-refractivity contribution is 7.88. The smallest absolute Gasteiger partial charge is 0.307 e. The molecule has 3 rings (SSSR count). The van der Waals surface area contributed by atoms with Crippen molar-refractivity contribution in [2.45, 2.75) is 56.0 Å². The Bertz CT molecular complexity index is 1070. The van der Waals surface area contributed by atoms with Gasteiger partial charge in [-0.2, -0.15) is 4.31 Å². The van der Waals surface area contributed by atoms with E-state index in [9.17, 15) is 22.8 Å². The summed E-state index contributed by atoms with van der Waals surface area (Å²) < 4.78 is 34.0. The molecule has 0 saturated carbocycles. The number of piperidine rings is 1. The highest BCUT2D eigenvalue weighted by Crippen LogP contribution is 2.29. The Morgan fingerprint density at radius 1 is 1.24 bits per heavy atom. The summed E-state index contributed by atoms with van der Waals surface area (Å²) in [4.78, 5) is 40.5. The molecule has 12 nitrogen and oxygen atoms in total. The standard InChI is InChI=1S/C24H36N6O6S/c1-36-22(32)13-21(23(33)29-12-6-9-19(29)14-27-17-31)30(20-10-5-11-28(15-20)24(25)26)37(34,35)16-18-7-3-2-4-8-18/h2-4,7-8,17,19-21H,5-6,9-16H2,1H3,(H3,25,26)(H,27,31). The number of amides is 2. The maximum Gasteiger partial charge on any atom is 0.307 e. The molecule has 0 radical (unpaired) electrons. The normalized spacial score (nSPS) is 20.9. The molecule has 2 aliphatic heterocycles. The zero-order valence-electron chi connectivity index (χ0n) is 21.0. The highest BCUT2D eigenvalue weighted by atomic mass is 32.2. The van der Waals surface area contributed by atoms with E-state index < -0.39 is 40.4 Å². The van der Waals surface area contributed by atoms with Crippen molar-refractivity contribution in [1.82, 2.24) is 19.4 Å². The monoisotopic (exact) mass is 536 g/mol. The number of hydrogen-bond donors (Lipinski definition) is 3. The van der Waals surface area contributed by atoms with Crippen LogP contribution in [0.15, 0.2) is 30.3 Å². The van der Waals surface area contributed by atoms with Gasteiger partial charge in [-0.15, -0.1) is 0 Å². The summed E-state index contributed by atoms with van der Waals surface area (Å²) in [5.41, 5.74) is 6.27. The third-order valence-corrected chi connectivity index (χ3v) is 8.78. The zero-order valence-corrected chi connectivity index (χ0v) is 21.9. The second kappa shape index (κ2) is 12.9. The van der Waals surface area contributed by atoms with Gasteiger partial charge in [0.05, 0.1) is 19.3 Å². The number of esters is 1. The van der Waals surface area contributed by atoms with Crippen molar-refractivity contribution in [1.29, 1.82) is 5.41 Å². The number of nitrogens with zero attached hydrogens (tertiary/aromatic N) is 3. The van der Waals surface area contributed by atoms with Gasteiger partial charge in [0, 0.05) is 38.3 Å². The molecule has 0 bridgehead atoms. The lowest BCUT2D eigenvalue weighted by molar-refractivity contribution is -0.147. The quantitative estimate of drug-likeness (QED) is 0.152. The van der Waals surface area contributed by atoms with Crippen LogP contribution in [0.1, 0.15) is 37.7 Å². The summed E-state index contributed by atoms with van der Waals surface area (Å²) in [6, 6.07) is 6.31. The second-order valence-electron chi connectivity index (χ2n) is 9.35. The average Bonchev–Trinajstić information content (AvgIpc) is 3.35. The number of ether oxygens (including phenoxy) is 1. The van der Waals surface area contributed by atoms with Gasteiger partial charge in [-0.05, 0) is 31.2 Å². The van der Waals surface area contributed by atoms with Crippen molar-refractivity contribution in [3.8, 4) is 0 Å². The van der Waals surface area contributed by atoms with Crippen LogP contribution in [0.2, 0.25) is 0 Å². The van der Waals surface area contributed by atoms with E-state index in [0.717, 1.165) is 4.31 Å². The Balaban J connectivity index is 2.04. The lowest BCUT2D eigenvalue weighted by Crippen LogP contribution is -2.61. The zero-order chi connectivity index (χ0) is 27.0. The van der Waals surface area contributed by atoms with Crippen molar-refractivity contribution in [2.24, 2.45) is 5.73 Å². The van der Waals surface area contributed by atoms with Crippen molar-refractivity contribution in [3.05, 3.63) is 35.9 Å². The van der Waals surface area contributed by atoms with Crippen LogP contribution in [-0.2, 0) is 34.9 Å².